The molecular formula is C28H20N2O8S. The lowest BCUT2D eigenvalue weighted by atomic mass is 10.0. The first-order chi connectivity index (χ1) is 18.6. The molecule has 0 aliphatic rings. The van der Waals surface area contributed by atoms with E-state index in [1.54, 1.807) is 0 Å². The van der Waals surface area contributed by atoms with Crippen molar-refractivity contribution >= 4 is 32.8 Å². The van der Waals surface area contributed by atoms with Gasteiger partial charge in [-0.1, -0.05) is 48.5 Å². The van der Waals surface area contributed by atoms with Crippen LogP contribution in [0.1, 0.15) is 31.8 Å². The third kappa shape index (κ3) is 5.94. The number of rotatable bonds is 10. The van der Waals surface area contributed by atoms with Crippen LogP contribution in [-0.4, -0.2) is 29.8 Å². The molecule has 4 aromatic carbocycles. The number of para-hydroxylation sites is 2. The zero-order valence-corrected chi connectivity index (χ0v) is 21.0. The molecule has 0 radical (unpaired) electrons. The molecule has 0 spiro atoms. The Labute approximate surface area is 222 Å². The van der Waals surface area contributed by atoms with Gasteiger partial charge in [-0.3, -0.25) is 29.8 Å². The molecule has 0 aromatic heterocycles. The van der Waals surface area contributed by atoms with Crippen molar-refractivity contribution in [2.75, 3.05) is 0 Å². The van der Waals surface area contributed by atoms with Crippen molar-refractivity contribution in [1.82, 2.24) is 0 Å². The summed E-state index contributed by atoms with van der Waals surface area (Å²) in [5.41, 5.74) is 0.323. The number of hydrogen-bond donors (Lipinski definition) is 0. The predicted octanol–water partition coefficient (Wildman–Crippen LogP) is 5.19. The molecule has 0 N–H and O–H groups in total. The summed E-state index contributed by atoms with van der Waals surface area (Å²) < 4.78 is 26.2. The average molecular weight is 545 g/mol. The minimum atomic E-state index is -3.92. The van der Waals surface area contributed by atoms with Crippen molar-refractivity contribution in [2.45, 2.75) is 22.6 Å². The Morgan fingerprint density at radius 1 is 0.564 bits per heavy atom. The molecule has 0 saturated carbocycles. The summed E-state index contributed by atoms with van der Waals surface area (Å²) in [5.74, 6) is -0.937. The predicted molar refractivity (Wildman–Crippen MR) is 141 cm³/mol. The molecule has 4 rings (SSSR count). The van der Waals surface area contributed by atoms with Gasteiger partial charge >= 0.3 is 0 Å². The van der Waals surface area contributed by atoms with E-state index in [0.717, 1.165) is 0 Å². The molecule has 0 atom stereocenters. The lowest BCUT2D eigenvalue weighted by molar-refractivity contribution is -0.385. The first-order valence-electron chi connectivity index (χ1n) is 11.5. The van der Waals surface area contributed by atoms with Gasteiger partial charge in [-0.2, -0.15) is 0 Å². The molecule has 0 fully saturated rings. The maximum Gasteiger partial charge on any atom is 0.280 e. The Balaban J connectivity index is 1.47. The molecule has 39 heavy (non-hydrogen) atoms. The molecule has 0 saturated heterocycles. The molecule has 0 unspecified atom stereocenters. The van der Waals surface area contributed by atoms with Gasteiger partial charge in [-0.25, -0.2) is 8.42 Å². The van der Waals surface area contributed by atoms with E-state index in [0.29, 0.717) is 11.1 Å². The quantitative estimate of drug-likeness (QED) is 0.150. The number of nitro benzene ring substituents is 2. The van der Waals surface area contributed by atoms with E-state index < -0.39 is 31.3 Å². The third-order valence-electron chi connectivity index (χ3n) is 6.00. The van der Waals surface area contributed by atoms with E-state index in [1.807, 2.05) is 0 Å². The lowest BCUT2D eigenvalue weighted by Gasteiger charge is -2.08. The van der Waals surface area contributed by atoms with Gasteiger partial charge in [0.1, 0.15) is 0 Å². The minimum absolute atomic E-state index is 0.0203. The van der Waals surface area contributed by atoms with Crippen molar-refractivity contribution in [1.29, 1.82) is 0 Å². The van der Waals surface area contributed by atoms with Gasteiger partial charge in [0.05, 0.1) is 30.8 Å². The van der Waals surface area contributed by atoms with Gasteiger partial charge in [0, 0.05) is 25.0 Å². The Morgan fingerprint density at radius 3 is 1.23 bits per heavy atom. The number of Topliss-reactive ketones (excluding diaryl/α,β-unsaturated/α-hetero) is 2. The van der Waals surface area contributed by atoms with E-state index in [9.17, 15) is 38.2 Å². The fraction of sp³-hybridized carbons (Fsp3) is 0.0714. The Bertz CT molecular complexity index is 1580. The maximum absolute atomic E-state index is 13.1. The van der Waals surface area contributed by atoms with Crippen molar-refractivity contribution in [3.63, 3.8) is 0 Å². The Kier molecular flexibility index (Phi) is 7.73. The molecule has 0 aliphatic heterocycles. The molecule has 196 valence electrons. The van der Waals surface area contributed by atoms with E-state index >= 15 is 0 Å². The topological polar surface area (TPSA) is 155 Å². The average Bonchev–Trinajstić information content (AvgIpc) is 2.93. The molecular weight excluding hydrogens is 524 g/mol. The zero-order valence-electron chi connectivity index (χ0n) is 20.2. The smallest absolute Gasteiger partial charge is 0.280 e. The number of sulfone groups is 1. The van der Waals surface area contributed by atoms with Crippen LogP contribution in [0.25, 0.3) is 0 Å². The van der Waals surface area contributed by atoms with Gasteiger partial charge in [0.2, 0.25) is 9.84 Å². The van der Waals surface area contributed by atoms with Crippen LogP contribution in [0.15, 0.2) is 107 Å². The molecule has 11 heteroatoms. The molecule has 0 amide bonds. The first-order valence-corrected chi connectivity index (χ1v) is 13.0. The Morgan fingerprint density at radius 2 is 0.897 bits per heavy atom. The van der Waals surface area contributed by atoms with Gasteiger partial charge < -0.3 is 0 Å². The fourth-order valence-corrected chi connectivity index (χ4v) is 5.27. The standard InChI is InChI=1S/C28H20N2O8S/c31-27(23-5-1-3-7-25(23)29(33)34)17-19-9-13-21(14-10-19)39(37,38)22-15-11-20(12-16-22)18-28(32)24-6-2-4-8-26(24)30(35)36/h1-16H,17-18H2. The van der Waals surface area contributed by atoms with Crippen molar-refractivity contribution < 1.29 is 27.9 Å². The second kappa shape index (κ2) is 11.2. The summed E-state index contributed by atoms with van der Waals surface area (Å²) >= 11 is 0. The van der Waals surface area contributed by atoms with Crippen molar-refractivity contribution in [3.05, 3.63) is 140 Å². The summed E-state index contributed by atoms with van der Waals surface area (Å²) in [6.45, 7) is 0. The van der Waals surface area contributed by atoms with Crippen LogP contribution in [0.4, 0.5) is 11.4 Å². The molecule has 10 nitrogen and oxygen atoms in total. The number of hydrogen-bond acceptors (Lipinski definition) is 8. The number of carbonyl (C=O) groups excluding carboxylic acids is 2. The van der Waals surface area contributed by atoms with E-state index in [-0.39, 0.29) is 45.1 Å². The number of carbonyl (C=O) groups is 2. The summed E-state index contributed by atoms with van der Waals surface area (Å²) in [6, 6.07) is 22.5. The zero-order chi connectivity index (χ0) is 28.2. The first kappa shape index (κ1) is 27.0. The molecule has 4 aromatic rings. The van der Waals surface area contributed by atoms with Gasteiger partial charge in [0.15, 0.2) is 11.6 Å². The normalized spacial score (nSPS) is 11.1. The summed E-state index contributed by atoms with van der Waals surface area (Å²) in [4.78, 5) is 46.3. The van der Waals surface area contributed by atoms with Crippen LogP contribution in [0.5, 0.6) is 0 Å². The van der Waals surface area contributed by atoms with E-state index in [2.05, 4.69) is 0 Å². The van der Waals surface area contributed by atoms with Gasteiger partial charge in [0.25, 0.3) is 11.4 Å². The third-order valence-corrected chi connectivity index (χ3v) is 7.78. The van der Waals surface area contributed by atoms with Crippen LogP contribution in [-0.2, 0) is 22.7 Å². The Hall–Kier alpha value is -5.03. The summed E-state index contributed by atoms with van der Waals surface area (Å²) in [6.07, 6.45) is -0.291. The molecule has 0 aliphatic carbocycles. The van der Waals surface area contributed by atoms with Gasteiger partial charge in [-0.05, 0) is 47.5 Å². The number of ketones is 2. The lowest BCUT2D eigenvalue weighted by Crippen LogP contribution is -2.08. The highest BCUT2D eigenvalue weighted by Gasteiger charge is 2.22. The fourth-order valence-electron chi connectivity index (χ4n) is 4.01. The SMILES string of the molecule is O=C(Cc1ccc(S(=O)(=O)c2ccc(CC(=O)c3ccccc3[N+](=O)[O-])cc2)cc1)c1ccccc1[N+](=O)[O-]. The van der Waals surface area contributed by atoms with E-state index in [4.69, 9.17) is 0 Å². The van der Waals surface area contributed by atoms with Gasteiger partial charge in [-0.15, -0.1) is 0 Å². The second-order valence-electron chi connectivity index (χ2n) is 8.54. The minimum Gasteiger partial charge on any atom is -0.294 e. The number of nitro groups is 2. The van der Waals surface area contributed by atoms with Crippen molar-refractivity contribution in [2.24, 2.45) is 0 Å². The highest BCUT2D eigenvalue weighted by molar-refractivity contribution is 7.91. The van der Waals surface area contributed by atoms with Crippen LogP contribution in [0.3, 0.4) is 0 Å². The summed E-state index contributed by atoms with van der Waals surface area (Å²) in [5, 5.41) is 22.4. The number of benzene rings is 4. The molecule has 0 heterocycles. The van der Waals surface area contributed by atoms with Crippen LogP contribution < -0.4 is 0 Å². The number of nitrogens with zero attached hydrogens (tertiary/aromatic N) is 2. The monoisotopic (exact) mass is 544 g/mol. The highest BCUT2D eigenvalue weighted by Crippen LogP contribution is 2.25. The van der Waals surface area contributed by atoms with Crippen LogP contribution in [0, 0.1) is 20.2 Å². The highest BCUT2D eigenvalue weighted by atomic mass is 32.2. The second-order valence-corrected chi connectivity index (χ2v) is 10.5. The maximum atomic E-state index is 13.1. The molecule has 0 bridgehead atoms. The summed E-state index contributed by atoms with van der Waals surface area (Å²) in [7, 11) is -3.92. The largest absolute Gasteiger partial charge is 0.294 e. The van der Waals surface area contributed by atoms with Crippen molar-refractivity contribution in [3.8, 4) is 0 Å². The van der Waals surface area contributed by atoms with Crippen LogP contribution >= 0.6 is 0 Å². The van der Waals surface area contributed by atoms with E-state index in [1.165, 1.54) is 97.1 Å². The van der Waals surface area contributed by atoms with Crippen LogP contribution in [0.2, 0.25) is 0 Å².